The molecule has 1 amide bonds. The Morgan fingerprint density at radius 2 is 2.31 bits per heavy atom. The van der Waals surface area contributed by atoms with Crippen LogP contribution < -0.4 is 10.2 Å². The molecule has 3 heteroatoms. The zero-order chi connectivity index (χ0) is 11.1. The number of nitrogens with zero attached hydrogens (tertiary/aromatic N) is 1. The van der Waals surface area contributed by atoms with E-state index >= 15 is 0 Å². The summed E-state index contributed by atoms with van der Waals surface area (Å²) < 4.78 is 0. The molecule has 1 saturated heterocycles. The molecule has 2 heterocycles. The Morgan fingerprint density at radius 3 is 3.19 bits per heavy atom. The highest BCUT2D eigenvalue weighted by atomic mass is 16.1. The van der Waals surface area contributed by atoms with Crippen molar-refractivity contribution in [3.63, 3.8) is 0 Å². The molecule has 1 fully saturated rings. The van der Waals surface area contributed by atoms with Crippen molar-refractivity contribution >= 4 is 17.3 Å². The van der Waals surface area contributed by atoms with E-state index < -0.39 is 0 Å². The summed E-state index contributed by atoms with van der Waals surface area (Å²) in [6, 6.07) is 6.64. The number of nitrogens with one attached hydrogen (secondary N) is 1. The Hall–Kier alpha value is -1.51. The van der Waals surface area contributed by atoms with E-state index in [4.69, 9.17) is 0 Å². The van der Waals surface area contributed by atoms with Gasteiger partial charge in [-0.3, -0.25) is 4.79 Å². The molecule has 3 rings (SSSR count). The van der Waals surface area contributed by atoms with Crippen molar-refractivity contribution in [2.45, 2.75) is 32.2 Å². The number of fused-ring (bicyclic) bond motifs is 3. The molecule has 3 nitrogen and oxygen atoms in total. The minimum Gasteiger partial charge on any atom is -0.366 e. The van der Waals surface area contributed by atoms with Crippen LogP contribution in [-0.4, -0.2) is 18.5 Å². The molecule has 1 aromatic rings. The minimum atomic E-state index is 0.157. The maximum Gasteiger partial charge on any atom is 0.226 e. The van der Waals surface area contributed by atoms with Crippen LogP contribution >= 0.6 is 0 Å². The van der Waals surface area contributed by atoms with Gasteiger partial charge in [0.15, 0.2) is 0 Å². The van der Waals surface area contributed by atoms with Gasteiger partial charge in [0.05, 0.1) is 11.4 Å². The molecule has 0 aliphatic carbocycles. The quantitative estimate of drug-likeness (QED) is 0.721. The van der Waals surface area contributed by atoms with Crippen LogP contribution in [0.4, 0.5) is 11.4 Å². The van der Waals surface area contributed by atoms with E-state index in [-0.39, 0.29) is 5.91 Å². The summed E-state index contributed by atoms with van der Waals surface area (Å²) in [6.45, 7) is 3.13. The second-order valence-electron chi connectivity index (χ2n) is 4.71. The number of amides is 1. The van der Waals surface area contributed by atoms with Crippen molar-refractivity contribution < 1.29 is 4.79 Å². The van der Waals surface area contributed by atoms with Gasteiger partial charge in [0.1, 0.15) is 0 Å². The second-order valence-corrected chi connectivity index (χ2v) is 4.71. The highest BCUT2D eigenvalue weighted by Crippen LogP contribution is 2.37. The van der Waals surface area contributed by atoms with Gasteiger partial charge < -0.3 is 10.2 Å². The molecule has 1 aromatic carbocycles. The normalized spacial score (nSPS) is 23.4. The van der Waals surface area contributed by atoms with Crippen LogP contribution in [0, 0.1) is 6.92 Å². The van der Waals surface area contributed by atoms with Gasteiger partial charge in [0.2, 0.25) is 5.91 Å². The Labute approximate surface area is 95.4 Å². The first-order chi connectivity index (χ1) is 7.75. The summed E-state index contributed by atoms with van der Waals surface area (Å²) in [5.74, 6) is 0.157. The zero-order valence-corrected chi connectivity index (χ0v) is 9.49. The molecular weight excluding hydrogens is 200 g/mol. The second kappa shape index (κ2) is 3.51. The number of rotatable bonds is 0. The van der Waals surface area contributed by atoms with Crippen molar-refractivity contribution in [1.29, 1.82) is 0 Å². The van der Waals surface area contributed by atoms with Gasteiger partial charge in [-0.25, -0.2) is 0 Å². The zero-order valence-electron chi connectivity index (χ0n) is 9.49. The molecule has 0 saturated carbocycles. The fraction of sp³-hybridized carbons (Fsp3) is 0.462. The first-order valence-electron chi connectivity index (χ1n) is 5.92. The van der Waals surface area contributed by atoms with Gasteiger partial charge in [-0.1, -0.05) is 12.1 Å². The van der Waals surface area contributed by atoms with Crippen molar-refractivity contribution in [3.8, 4) is 0 Å². The predicted molar refractivity (Wildman–Crippen MR) is 64.8 cm³/mol. The molecule has 0 aromatic heterocycles. The minimum absolute atomic E-state index is 0.157. The van der Waals surface area contributed by atoms with Crippen molar-refractivity contribution in [3.05, 3.63) is 23.8 Å². The Morgan fingerprint density at radius 1 is 1.44 bits per heavy atom. The molecule has 1 N–H and O–H groups in total. The molecule has 1 atom stereocenters. The number of anilines is 2. The number of carbonyl (C=O) groups excluding carboxylic acids is 1. The third-order valence-corrected chi connectivity index (χ3v) is 3.62. The Balaban J connectivity index is 2.13. The fourth-order valence-electron chi connectivity index (χ4n) is 2.82. The van der Waals surface area contributed by atoms with Crippen molar-refractivity contribution in [2.75, 3.05) is 16.8 Å². The Kier molecular flexibility index (Phi) is 2.13. The number of benzene rings is 1. The predicted octanol–water partition coefficient (Wildman–Crippen LogP) is 2.31. The highest BCUT2D eigenvalue weighted by Gasteiger charge is 2.31. The van der Waals surface area contributed by atoms with Crippen LogP contribution in [0.5, 0.6) is 0 Å². The highest BCUT2D eigenvalue weighted by molar-refractivity contribution is 5.97. The summed E-state index contributed by atoms with van der Waals surface area (Å²) in [4.78, 5) is 14.2. The SMILES string of the molecule is Cc1cccc2c1NC(=O)CC1CCCN21. The topological polar surface area (TPSA) is 32.3 Å². The largest absolute Gasteiger partial charge is 0.366 e. The summed E-state index contributed by atoms with van der Waals surface area (Å²) in [6.07, 6.45) is 2.97. The first kappa shape index (κ1) is 9.70. The van der Waals surface area contributed by atoms with Crippen molar-refractivity contribution in [2.24, 2.45) is 0 Å². The number of hydrogen-bond donors (Lipinski definition) is 1. The number of hydrogen-bond acceptors (Lipinski definition) is 2. The van der Waals surface area contributed by atoms with Crippen LogP contribution in [0.1, 0.15) is 24.8 Å². The van der Waals surface area contributed by atoms with Gasteiger partial charge in [0, 0.05) is 19.0 Å². The van der Waals surface area contributed by atoms with Gasteiger partial charge >= 0.3 is 0 Å². The molecule has 84 valence electrons. The van der Waals surface area contributed by atoms with E-state index in [2.05, 4.69) is 35.3 Å². The Bertz CT molecular complexity index is 442. The lowest BCUT2D eigenvalue weighted by atomic mass is 10.1. The molecule has 0 radical (unpaired) electrons. The third kappa shape index (κ3) is 1.39. The number of para-hydroxylation sites is 1. The van der Waals surface area contributed by atoms with Gasteiger partial charge in [0.25, 0.3) is 0 Å². The van der Waals surface area contributed by atoms with E-state index in [9.17, 15) is 4.79 Å². The molecule has 16 heavy (non-hydrogen) atoms. The summed E-state index contributed by atoms with van der Waals surface area (Å²) in [5.41, 5.74) is 3.36. The number of carbonyl (C=O) groups is 1. The summed E-state index contributed by atoms with van der Waals surface area (Å²) >= 11 is 0. The van der Waals surface area contributed by atoms with E-state index in [0.717, 1.165) is 24.2 Å². The van der Waals surface area contributed by atoms with Gasteiger partial charge in [-0.05, 0) is 31.4 Å². The van der Waals surface area contributed by atoms with Crippen LogP contribution in [0.25, 0.3) is 0 Å². The van der Waals surface area contributed by atoms with Crippen LogP contribution in [0.15, 0.2) is 18.2 Å². The standard InChI is InChI=1S/C13H16N2O/c1-9-4-2-6-11-13(9)14-12(16)8-10-5-3-7-15(10)11/h2,4,6,10H,3,5,7-8H2,1H3,(H,14,16). The molecule has 0 spiro atoms. The van der Waals surface area contributed by atoms with Gasteiger partial charge in [-0.15, -0.1) is 0 Å². The average molecular weight is 216 g/mol. The van der Waals surface area contributed by atoms with E-state index in [1.165, 1.54) is 12.1 Å². The van der Waals surface area contributed by atoms with Crippen molar-refractivity contribution in [1.82, 2.24) is 0 Å². The monoisotopic (exact) mass is 216 g/mol. The maximum absolute atomic E-state index is 11.8. The lowest BCUT2D eigenvalue weighted by Crippen LogP contribution is -2.29. The van der Waals surface area contributed by atoms with E-state index in [1.54, 1.807) is 0 Å². The van der Waals surface area contributed by atoms with Crippen LogP contribution in [0.2, 0.25) is 0 Å². The summed E-state index contributed by atoms with van der Waals surface area (Å²) in [7, 11) is 0. The smallest absolute Gasteiger partial charge is 0.226 e. The third-order valence-electron chi connectivity index (χ3n) is 3.62. The molecular formula is C13H16N2O. The number of aryl methyl sites for hydroxylation is 1. The lowest BCUT2D eigenvalue weighted by Gasteiger charge is -2.25. The van der Waals surface area contributed by atoms with E-state index in [0.29, 0.717) is 12.5 Å². The molecule has 2 aliphatic rings. The van der Waals surface area contributed by atoms with Crippen LogP contribution in [0.3, 0.4) is 0 Å². The molecule has 0 bridgehead atoms. The summed E-state index contributed by atoms with van der Waals surface area (Å²) in [5, 5.41) is 3.04. The maximum atomic E-state index is 11.8. The molecule has 1 unspecified atom stereocenters. The fourth-order valence-corrected chi connectivity index (χ4v) is 2.82. The average Bonchev–Trinajstić information content (AvgIpc) is 2.64. The van der Waals surface area contributed by atoms with Crippen LogP contribution in [-0.2, 0) is 4.79 Å². The lowest BCUT2D eigenvalue weighted by molar-refractivity contribution is -0.116. The van der Waals surface area contributed by atoms with Gasteiger partial charge in [-0.2, -0.15) is 0 Å². The first-order valence-corrected chi connectivity index (χ1v) is 5.92. The van der Waals surface area contributed by atoms with E-state index in [1.807, 2.05) is 0 Å². The molecule has 2 aliphatic heterocycles.